The van der Waals surface area contributed by atoms with Crippen molar-refractivity contribution in [2.24, 2.45) is 5.10 Å². The van der Waals surface area contributed by atoms with E-state index in [9.17, 15) is 25.1 Å². The smallest absolute Gasteiger partial charge is 0.278 e. The SMILES string of the molecule is COc1cccc(/C=N\N2C(=O)c3ccc([N+](=O)[O-])cc3N[C@H]2c2cccc(OC)c2O)c1O. The van der Waals surface area contributed by atoms with Crippen LogP contribution < -0.4 is 14.8 Å². The fourth-order valence-electron chi connectivity index (χ4n) is 3.59. The van der Waals surface area contributed by atoms with E-state index in [1.54, 1.807) is 36.4 Å². The molecule has 0 saturated carbocycles. The van der Waals surface area contributed by atoms with E-state index in [-0.39, 0.29) is 51.1 Å². The summed E-state index contributed by atoms with van der Waals surface area (Å²) in [6.45, 7) is 0. The first-order valence-electron chi connectivity index (χ1n) is 10.00. The van der Waals surface area contributed by atoms with Crippen molar-refractivity contribution in [3.8, 4) is 23.0 Å². The average Bonchev–Trinajstić information content (AvgIpc) is 2.84. The quantitative estimate of drug-likeness (QED) is 0.285. The van der Waals surface area contributed by atoms with Crippen molar-refractivity contribution in [2.45, 2.75) is 6.17 Å². The lowest BCUT2D eigenvalue weighted by molar-refractivity contribution is -0.384. The highest BCUT2D eigenvalue weighted by atomic mass is 16.6. The molecule has 0 aromatic heterocycles. The maximum Gasteiger partial charge on any atom is 0.278 e. The zero-order valence-corrected chi connectivity index (χ0v) is 18.1. The van der Waals surface area contributed by atoms with Crippen molar-refractivity contribution >= 4 is 23.5 Å². The summed E-state index contributed by atoms with van der Waals surface area (Å²) in [6.07, 6.45) is 0.235. The first-order chi connectivity index (χ1) is 16.3. The van der Waals surface area contributed by atoms with Crippen molar-refractivity contribution in [3.63, 3.8) is 0 Å². The van der Waals surface area contributed by atoms with Gasteiger partial charge in [0.05, 0.1) is 36.6 Å². The van der Waals surface area contributed by atoms with Crippen LogP contribution in [0.25, 0.3) is 0 Å². The molecule has 11 nitrogen and oxygen atoms in total. The predicted octanol–water partition coefficient (Wildman–Crippen LogP) is 3.62. The molecular weight excluding hydrogens is 444 g/mol. The number of benzene rings is 3. The first-order valence-corrected chi connectivity index (χ1v) is 10.00. The second-order valence-electron chi connectivity index (χ2n) is 7.22. The van der Waals surface area contributed by atoms with Crippen LogP contribution in [-0.2, 0) is 0 Å². The van der Waals surface area contributed by atoms with Crippen molar-refractivity contribution in [2.75, 3.05) is 19.5 Å². The summed E-state index contributed by atoms with van der Waals surface area (Å²) < 4.78 is 10.3. The van der Waals surface area contributed by atoms with Gasteiger partial charge < -0.3 is 25.0 Å². The molecular formula is C23H20N4O7. The molecule has 1 heterocycles. The number of non-ortho nitro benzene ring substituents is 1. The molecule has 0 unspecified atom stereocenters. The number of fused-ring (bicyclic) bond motifs is 1. The van der Waals surface area contributed by atoms with Gasteiger partial charge in [-0.1, -0.05) is 18.2 Å². The number of ether oxygens (including phenoxy) is 2. The summed E-state index contributed by atoms with van der Waals surface area (Å²) in [5.74, 6) is -0.566. The number of amides is 1. The van der Waals surface area contributed by atoms with E-state index in [0.29, 0.717) is 0 Å². The Morgan fingerprint density at radius 3 is 2.41 bits per heavy atom. The molecule has 1 aliphatic heterocycles. The van der Waals surface area contributed by atoms with E-state index >= 15 is 0 Å². The number of phenols is 2. The fraction of sp³-hybridized carbons (Fsp3) is 0.130. The van der Waals surface area contributed by atoms with E-state index < -0.39 is 17.0 Å². The third kappa shape index (κ3) is 3.90. The van der Waals surface area contributed by atoms with Gasteiger partial charge in [-0.25, -0.2) is 5.01 Å². The summed E-state index contributed by atoms with van der Waals surface area (Å²) in [5.41, 5.74) is 0.691. The lowest BCUT2D eigenvalue weighted by Crippen LogP contribution is -2.39. The van der Waals surface area contributed by atoms with E-state index in [0.717, 1.165) is 5.01 Å². The number of rotatable bonds is 6. The Morgan fingerprint density at radius 1 is 1.06 bits per heavy atom. The zero-order chi connectivity index (χ0) is 24.4. The Labute approximate surface area is 193 Å². The first kappa shape index (κ1) is 22.4. The minimum absolute atomic E-state index is 0.149. The van der Waals surface area contributed by atoms with Gasteiger partial charge in [-0.3, -0.25) is 14.9 Å². The number of nitrogens with zero attached hydrogens (tertiary/aromatic N) is 3. The molecule has 3 aromatic carbocycles. The highest BCUT2D eigenvalue weighted by Gasteiger charge is 2.36. The Hall–Kier alpha value is -4.80. The maximum atomic E-state index is 13.4. The van der Waals surface area contributed by atoms with Crippen molar-refractivity contribution in [1.29, 1.82) is 0 Å². The third-order valence-corrected chi connectivity index (χ3v) is 5.31. The number of carbonyl (C=O) groups excluding carboxylic acids is 1. The summed E-state index contributed by atoms with van der Waals surface area (Å²) >= 11 is 0. The molecule has 0 fully saturated rings. The number of nitrogens with one attached hydrogen (secondary N) is 1. The van der Waals surface area contributed by atoms with Crippen molar-refractivity contribution < 1.29 is 29.4 Å². The van der Waals surface area contributed by atoms with Gasteiger partial charge in [0.1, 0.15) is 0 Å². The second kappa shape index (κ2) is 8.98. The van der Waals surface area contributed by atoms with Gasteiger partial charge in [-0.15, -0.1) is 0 Å². The molecule has 3 N–H and O–H groups in total. The van der Waals surface area contributed by atoms with Crippen LogP contribution in [0.2, 0.25) is 0 Å². The number of methoxy groups -OCH3 is 2. The van der Waals surface area contributed by atoms with Gasteiger partial charge in [-0.2, -0.15) is 5.10 Å². The summed E-state index contributed by atoms with van der Waals surface area (Å²) in [4.78, 5) is 24.0. The molecule has 11 heteroatoms. The van der Waals surface area contributed by atoms with E-state index in [1.807, 2.05) is 0 Å². The number of para-hydroxylation sites is 2. The third-order valence-electron chi connectivity index (χ3n) is 5.31. The zero-order valence-electron chi connectivity index (χ0n) is 18.1. The summed E-state index contributed by atoms with van der Waals surface area (Å²) in [6, 6.07) is 13.3. The van der Waals surface area contributed by atoms with Gasteiger partial charge in [0.25, 0.3) is 11.6 Å². The number of nitro benzene ring substituents is 1. The van der Waals surface area contributed by atoms with E-state index in [1.165, 1.54) is 38.6 Å². The minimum Gasteiger partial charge on any atom is -0.504 e. The standard InChI is InChI=1S/C23H20N4O7/c1-33-18-7-3-5-13(20(18)28)12-24-26-22(16-6-4-8-19(34-2)21(16)29)25-17-11-14(27(31)32)9-10-15(17)23(26)30/h3-12,22,25,28-29H,1-2H3/b24-12-/t22-/m1/s1. The number of nitro groups is 1. The number of hydrogen-bond acceptors (Lipinski definition) is 9. The Kier molecular flexibility index (Phi) is 5.92. The molecule has 174 valence electrons. The predicted molar refractivity (Wildman–Crippen MR) is 123 cm³/mol. The monoisotopic (exact) mass is 464 g/mol. The normalized spacial score (nSPS) is 15.1. The van der Waals surface area contributed by atoms with Crippen LogP contribution >= 0.6 is 0 Å². The molecule has 4 rings (SSSR count). The Bertz CT molecular complexity index is 1310. The summed E-state index contributed by atoms with van der Waals surface area (Å²) in [5, 5.41) is 40.7. The van der Waals surface area contributed by atoms with Crippen LogP contribution in [0.3, 0.4) is 0 Å². The summed E-state index contributed by atoms with van der Waals surface area (Å²) in [7, 11) is 2.80. The van der Waals surface area contributed by atoms with Crippen LogP contribution in [-0.4, -0.2) is 46.5 Å². The average molecular weight is 464 g/mol. The molecule has 0 bridgehead atoms. The maximum absolute atomic E-state index is 13.4. The van der Waals surface area contributed by atoms with Crippen molar-refractivity contribution in [3.05, 3.63) is 81.4 Å². The lowest BCUT2D eigenvalue weighted by Gasteiger charge is -2.34. The molecule has 3 aromatic rings. The number of hydrogen-bond donors (Lipinski definition) is 3. The van der Waals surface area contributed by atoms with Gasteiger partial charge in [-0.05, 0) is 24.3 Å². The molecule has 0 spiro atoms. The highest BCUT2D eigenvalue weighted by molar-refractivity contribution is 6.02. The van der Waals surface area contributed by atoms with Crippen molar-refractivity contribution in [1.82, 2.24) is 5.01 Å². The van der Waals surface area contributed by atoms with E-state index in [2.05, 4.69) is 10.4 Å². The molecule has 1 amide bonds. The molecule has 34 heavy (non-hydrogen) atoms. The topological polar surface area (TPSA) is 147 Å². The lowest BCUT2D eigenvalue weighted by atomic mass is 10.0. The molecule has 1 atom stereocenters. The molecule has 0 aliphatic carbocycles. The Balaban J connectivity index is 1.83. The molecule has 1 aliphatic rings. The van der Waals surface area contributed by atoms with Gasteiger partial charge in [0, 0.05) is 23.3 Å². The number of phenolic OH excluding ortho intramolecular Hbond substituents is 2. The van der Waals surface area contributed by atoms with Crippen LogP contribution in [0, 0.1) is 10.1 Å². The number of carbonyl (C=O) groups is 1. The Morgan fingerprint density at radius 2 is 1.74 bits per heavy atom. The van der Waals surface area contributed by atoms with Gasteiger partial charge in [0.2, 0.25) is 0 Å². The van der Waals surface area contributed by atoms with Crippen LogP contribution in [0.4, 0.5) is 11.4 Å². The number of hydrazone groups is 1. The fourth-order valence-corrected chi connectivity index (χ4v) is 3.59. The van der Waals surface area contributed by atoms with Crippen LogP contribution in [0.5, 0.6) is 23.0 Å². The number of aromatic hydroxyl groups is 2. The molecule has 0 saturated heterocycles. The second-order valence-corrected chi connectivity index (χ2v) is 7.22. The molecule has 0 radical (unpaired) electrons. The van der Waals surface area contributed by atoms with Gasteiger partial charge in [0.15, 0.2) is 29.2 Å². The highest BCUT2D eigenvalue weighted by Crippen LogP contribution is 2.41. The van der Waals surface area contributed by atoms with Gasteiger partial charge >= 0.3 is 0 Å². The minimum atomic E-state index is -1.04. The van der Waals surface area contributed by atoms with Crippen LogP contribution in [0.15, 0.2) is 59.7 Å². The van der Waals surface area contributed by atoms with Crippen LogP contribution in [0.1, 0.15) is 27.7 Å². The number of anilines is 1. The van der Waals surface area contributed by atoms with E-state index in [4.69, 9.17) is 9.47 Å². The largest absolute Gasteiger partial charge is 0.504 e.